The Morgan fingerprint density at radius 1 is 1.07 bits per heavy atom. The maximum absolute atomic E-state index is 12.3. The van der Waals surface area contributed by atoms with Gasteiger partial charge in [-0.15, -0.1) is 0 Å². The minimum Gasteiger partial charge on any atom is -0.371 e. The predicted octanol–water partition coefficient (Wildman–Crippen LogP) is 4.08. The van der Waals surface area contributed by atoms with E-state index in [9.17, 15) is 4.79 Å². The lowest BCUT2D eigenvalue weighted by atomic mass is 10.1. The molecule has 0 spiro atoms. The van der Waals surface area contributed by atoms with E-state index < -0.39 is 0 Å². The number of benzene rings is 2. The molecule has 0 radical (unpaired) electrons. The molecular weight excluding hydrogens is 362 g/mol. The van der Waals surface area contributed by atoms with Crippen LogP contribution in [-0.2, 0) is 24.4 Å². The van der Waals surface area contributed by atoms with Gasteiger partial charge in [-0.3, -0.25) is 4.90 Å². The Labute approximate surface area is 174 Å². The van der Waals surface area contributed by atoms with E-state index in [4.69, 9.17) is 4.74 Å². The van der Waals surface area contributed by atoms with Crippen molar-refractivity contribution in [3.63, 3.8) is 0 Å². The van der Waals surface area contributed by atoms with Gasteiger partial charge in [-0.1, -0.05) is 54.6 Å². The monoisotopic (exact) mass is 395 g/mol. The lowest BCUT2D eigenvalue weighted by molar-refractivity contribution is -0.0149. The molecule has 156 valence electrons. The van der Waals surface area contributed by atoms with Gasteiger partial charge in [0.25, 0.3) is 0 Å². The average Bonchev–Trinajstić information content (AvgIpc) is 3.12. The van der Waals surface area contributed by atoms with Gasteiger partial charge < -0.3 is 15.4 Å². The molecule has 0 aromatic heterocycles. The van der Waals surface area contributed by atoms with Crippen molar-refractivity contribution < 1.29 is 9.53 Å². The van der Waals surface area contributed by atoms with E-state index >= 15 is 0 Å². The molecule has 2 amide bonds. The zero-order valence-corrected chi connectivity index (χ0v) is 17.8. The second-order valence-corrected chi connectivity index (χ2v) is 8.75. The van der Waals surface area contributed by atoms with Gasteiger partial charge in [-0.25, -0.2) is 4.79 Å². The molecule has 1 aliphatic rings. The zero-order chi connectivity index (χ0) is 20.7. The third-order valence-electron chi connectivity index (χ3n) is 4.97. The van der Waals surface area contributed by atoms with E-state index in [1.807, 2.05) is 39.0 Å². The SMILES string of the molecule is CC(C)(C)OCc1cccc(CNC(=O)NC2CCN(Cc3ccccc3)C2)c1. The molecule has 0 saturated carbocycles. The summed E-state index contributed by atoms with van der Waals surface area (Å²) in [5.74, 6) is 0. The van der Waals surface area contributed by atoms with Crippen LogP contribution in [0.4, 0.5) is 4.79 Å². The quantitative estimate of drug-likeness (QED) is 0.743. The average molecular weight is 396 g/mol. The van der Waals surface area contributed by atoms with Crippen molar-refractivity contribution in [2.45, 2.75) is 58.5 Å². The van der Waals surface area contributed by atoms with Crippen molar-refractivity contribution in [2.75, 3.05) is 13.1 Å². The van der Waals surface area contributed by atoms with E-state index in [0.29, 0.717) is 13.2 Å². The van der Waals surface area contributed by atoms with Crippen LogP contribution >= 0.6 is 0 Å². The van der Waals surface area contributed by atoms with E-state index in [2.05, 4.69) is 51.9 Å². The minimum atomic E-state index is -0.163. The molecule has 5 heteroatoms. The van der Waals surface area contributed by atoms with E-state index in [0.717, 1.165) is 37.2 Å². The Balaban J connectivity index is 1.40. The highest BCUT2D eigenvalue weighted by Crippen LogP contribution is 2.14. The largest absolute Gasteiger partial charge is 0.371 e. The molecule has 29 heavy (non-hydrogen) atoms. The maximum Gasteiger partial charge on any atom is 0.315 e. The second-order valence-electron chi connectivity index (χ2n) is 8.75. The van der Waals surface area contributed by atoms with Gasteiger partial charge in [0.05, 0.1) is 12.2 Å². The Kier molecular flexibility index (Phi) is 7.29. The molecule has 2 aromatic carbocycles. The number of amides is 2. The summed E-state index contributed by atoms with van der Waals surface area (Å²) in [6, 6.07) is 18.7. The Morgan fingerprint density at radius 3 is 2.55 bits per heavy atom. The molecule has 5 nitrogen and oxygen atoms in total. The van der Waals surface area contributed by atoms with Crippen molar-refractivity contribution in [1.29, 1.82) is 0 Å². The van der Waals surface area contributed by atoms with Gasteiger partial charge in [-0.05, 0) is 43.9 Å². The number of carbonyl (C=O) groups excluding carboxylic acids is 1. The number of rotatable bonds is 7. The standard InChI is InChI=1S/C24H33N3O2/c1-24(2,3)29-18-21-11-7-10-20(14-21)15-25-23(28)26-22-12-13-27(17-22)16-19-8-5-4-6-9-19/h4-11,14,22H,12-13,15-18H2,1-3H3,(H2,25,26,28). The molecule has 0 aliphatic carbocycles. The smallest absolute Gasteiger partial charge is 0.315 e. The van der Waals surface area contributed by atoms with Crippen LogP contribution in [0.5, 0.6) is 0 Å². The van der Waals surface area contributed by atoms with Crippen molar-refractivity contribution in [1.82, 2.24) is 15.5 Å². The van der Waals surface area contributed by atoms with Gasteiger partial charge in [0, 0.05) is 32.2 Å². The highest BCUT2D eigenvalue weighted by Gasteiger charge is 2.23. The third-order valence-corrected chi connectivity index (χ3v) is 4.97. The first kappa shape index (κ1) is 21.3. The molecule has 1 unspecified atom stereocenters. The number of carbonyl (C=O) groups is 1. The number of ether oxygens (including phenoxy) is 1. The predicted molar refractivity (Wildman–Crippen MR) is 116 cm³/mol. The Hall–Kier alpha value is -2.37. The summed E-state index contributed by atoms with van der Waals surface area (Å²) >= 11 is 0. The van der Waals surface area contributed by atoms with Crippen LogP contribution in [-0.4, -0.2) is 35.7 Å². The number of hydrogen-bond donors (Lipinski definition) is 2. The van der Waals surface area contributed by atoms with Gasteiger partial charge in [0.1, 0.15) is 0 Å². The highest BCUT2D eigenvalue weighted by atomic mass is 16.5. The van der Waals surface area contributed by atoms with Crippen molar-refractivity contribution in [3.8, 4) is 0 Å². The second kappa shape index (κ2) is 9.90. The first-order chi connectivity index (χ1) is 13.9. The lowest BCUT2D eigenvalue weighted by Gasteiger charge is -2.20. The summed E-state index contributed by atoms with van der Waals surface area (Å²) in [6.07, 6.45) is 0.986. The Bertz CT molecular complexity index is 786. The summed E-state index contributed by atoms with van der Waals surface area (Å²) in [5, 5.41) is 6.09. The third kappa shape index (κ3) is 7.52. The first-order valence-electron chi connectivity index (χ1n) is 10.4. The molecule has 1 heterocycles. The van der Waals surface area contributed by atoms with Crippen LogP contribution in [0.25, 0.3) is 0 Å². The number of nitrogens with one attached hydrogen (secondary N) is 2. The number of nitrogens with zero attached hydrogens (tertiary/aromatic N) is 1. The van der Waals surface area contributed by atoms with E-state index in [-0.39, 0.29) is 17.7 Å². The normalized spacial score (nSPS) is 17.3. The lowest BCUT2D eigenvalue weighted by Crippen LogP contribution is -2.43. The molecule has 1 fully saturated rings. The fourth-order valence-corrected chi connectivity index (χ4v) is 3.48. The molecule has 1 saturated heterocycles. The summed E-state index contributed by atoms with van der Waals surface area (Å²) in [7, 11) is 0. The molecule has 2 N–H and O–H groups in total. The molecule has 1 aliphatic heterocycles. The van der Waals surface area contributed by atoms with Gasteiger partial charge in [0.15, 0.2) is 0 Å². The van der Waals surface area contributed by atoms with Gasteiger partial charge in [-0.2, -0.15) is 0 Å². The van der Waals surface area contributed by atoms with E-state index in [1.54, 1.807) is 0 Å². The zero-order valence-electron chi connectivity index (χ0n) is 17.8. The van der Waals surface area contributed by atoms with E-state index in [1.165, 1.54) is 5.56 Å². The van der Waals surface area contributed by atoms with Crippen LogP contribution in [0.1, 0.15) is 43.9 Å². The summed E-state index contributed by atoms with van der Waals surface area (Å²) in [6.45, 7) is 10.1. The Morgan fingerprint density at radius 2 is 1.79 bits per heavy atom. The maximum atomic E-state index is 12.3. The van der Waals surface area contributed by atoms with Gasteiger partial charge >= 0.3 is 6.03 Å². The summed E-state index contributed by atoms with van der Waals surface area (Å²) in [5.41, 5.74) is 3.34. The summed E-state index contributed by atoms with van der Waals surface area (Å²) in [4.78, 5) is 14.7. The summed E-state index contributed by atoms with van der Waals surface area (Å²) < 4.78 is 5.83. The minimum absolute atomic E-state index is 0.104. The van der Waals surface area contributed by atoms with Crippen LogP contribution in [0, 0.1) is 0 Å². The highest BCUT2D eigenvalue weighted by molar-refractivity contribution is 5.74. The first-order valence-corrected chi connectivity index (χ1v) is 10.4. The van der Waals surface area contributed by atoms with Crippen LogP contribution in [0.15, 0.2) is 54.6 Å². The molecule has 2 aromatic rings. The fourth-order valence-electron chi connectivity index (χ4n) is 3.48. The van der Waals surface area contributed by atoms with Crippen LogP contribution < -0.4 is 10.6 Å². The van der Waals surface area contributed by atoms with Crippen molar-refractivity contribution in [3.05, 3.63) is 71.3 Å². The van der Waals surface area contributed by atoms with Crippen molar-refractivity contribution in [2.24, 2.45) is 0 Å². The number of hydrogen-bond acceptors (Lipinski definition) is 3. The van der Waals surface area contributed by atoms with Crippen LogP contribution in [0.3, 0.4) is 0 Å². The topological polar surface area (TPSA) is 53.6 Å². The molecule has 0 bridgehead atoms. The van der Waals surface area contributed by atoms with Crippen LogP contribution in [0.2, 0.25) is 0 Å². The van der Waals surface area contributed by atoms with Crippen molar-refractivity contribution >= 4 is 6.03 Å². The number of urea groups is 1. The van der Waals surface area contributed by atoms with Gasteiger partial charge in [0.2, 0.25) is 0 Å². The fraction of sp³-hybridized carbons (Fsp3) is 0.458. The molecule has 1 atom stereocenters. The molecular formula is C24H33N3O2. The number of likely N-dealkylation sites (tertiary alicyclic amines) is 1. The molecule has 3 rings (SSSR count).